The molecule has 5 nitrogen and oxygen atoms in total. The summed E-state index contributed by atoms with van der Waals surface area (Å²) in [5.41, 5.74) is -0.0813. The maximum absolute atomic E-state index is 13.6. The van der Waals surface area contributed by atoms with E-state index in [4.69, 9.17) is 0 Å². The lowest BCUT2D eigenvalue weighted by Crippen LogP contribution is -2.63. The highest BCUT2D eigenvalue weighted by atomic mass is 32.2. The SMILES string of the molecule is CSCC[C@H](C(=O)NC12CC3CC(CC(C3)C1)C2)N1C(=O)[C@H]2CCCC[C@@H]2C1=O. The Labute approximate surface area is 178 Å². The Morgan fingerprint density at radius 3 is 2.03 bits per heavy atom. The van der Waals surface area contributed by atoms with E-state index in [1.807, 2.05) is 6.26 Å². The number of rotatable bonds is 6. The summed E-state index contributed by atoms with van der Waals surface area (Å²) < 4.78 is 0. The Kier molecular flexibility index (Phi) is 5.20. The van der Waals surface area contributed by atoms with Crippen molar-refractivity contribution < 1.29 is 14.4 Å². The van der Waals surface area contributed by atoms with Crippen LogP contribution in [0.1, 0.15) is 70.6 Å². The van der Waals surface area contributed by atoms with Crippen molar-refractivity contribution in [1.82, 2.24) is 10.2 Å². The summed E-state index contributed by atoms with van der Waals surface area (Å²) in [6.07, 6.45) is 13.5. The van der Waals surface area contributed by atoms with E-state index < -0.39 is 6.04 Å². The molecule has 1 saturated heterocycles. The van der Waals surface area contributed by atoms with Gasteiger partial charge in [0.05, 0.1) is 11.8 Å². The standard InChI is InChI=1S/C23H34N2O3S/c1-29-7-6-19(25-21(27)17-4-2-3-5-18(17)22(25)28)20(26)24-23-11-14-8-15(12-23)10-16(9-14)13-23/h14-19H,2-13H2,1H3,(H,24,26)/t14?,15?,16?,17-,18-,19+,23?/m0/s1. The van der Waals surface area contributed by atoms with E-state index in [-0.39, 0.29) is 35.1 Å². The minimum atomic E-state index is -0.624. The highest BCUT2D eigenvalue weighted by Gasteiger charge is 2.55. The Bertz CT molecular complexity index is 649. The predicted molar refractivity (Wildman–Crippen MR) is 113 cm³/mol. The molecule has 4 bridgehead atoms. The van der Waals surface area contributed by atoms with Gasteiger partial charge in [0.2, 0.25) is 17.7 Å². The average molecular weight is 419 g/mol. The lowest BCUT2D eigenvalue weighted by molar-refractivity contribution is -0.149. The quantitative estimate of drug-likeness (QED) is 0.672. The number of hydrogen-bond donors (Lipinski definition) is 1. The zero-order valence-electron chi connectivity index (χ0n) is 17.5. The van der Waals surface area contributed by atoms with Crippen molar-refractivity contribution in [3.8, 4) is 0 Å². The third kappa shape index (κ3) is 3.43. The van der Waals surface area contributed by atoms with E-state index in [1.54, 1.807) is 11.8 Å². The van der Waals surface area contributed by atoms with Crippen LogP contribution in [-0.2, 0) is 14.4 Å². The van der Waals surface area contributed by atoms with E-state index >= 15 is 0 Å². The third-order valence-electron chi connectivity index (χ3n) is 8.51. The van der Waals surface area contributed by atoms with Crippen LogP contribution >= 0.6 is 11.8 Å². The minimum Gasteiger partial charge on any atom is -0.349 e. The Morgan fingerprint density at radius 2 is 1.55 bits per heavy atom. The van der Waals surface area contributed by atoms with Crippen molar-refractivity contribution in [1.29, 1.82) is 0 Å². The minimum absolute atomic E-state index is 0.0682. The van der Waals surface area contributed by atoms with Crippen LogP contribution in [0, 0.1) is 29.6 Å². The molecule has 5 aliphatic carbocycles. The summed E-state index contributed by atoms with van der Waals surface area (Å²) in [6, 6.07) is -0.624. The highest BCUT2D eigenvalue weighted by Crippen LogP contribution is 2.55. The molecule has 1 N–H and O–H groups in total. The van der Waals surface area contributed by atoms with Gasteiger partial charge < -0.3 is 5.32 Å². The largest absolute Gasteiger partial charge is 0.349 e. The van der Waals surface area contributed by atoms with Crippen LogP contribution in [-0.4, -0.2) is 46.2 Å². The highest BCUT2D eigenvalue weighted by molar-refractivity contribution is 7.98. The first-order valence-electron chi connectivity index (χ1n) is 11.7. The molecule has 0 aromatic rings. The Morgan fingerprint density at radius 1 is 1.03 bits per heavy atom. The van der Waals surface area contributed by atoms with Crippen LogP contribution < -0.4 is 5.32 Å². The normalized spacial score (nSPS) is 41.6. The number of fused-ring (bicyclic) bond motifs is 1. The number of imide groups is 1. The first kappa shape index (κ1) is 19.9. The molecule has 1 aliphatic heterocycles. The molecular weight excluding hydrogens is 384 g/mol. The fourth-order valence-corrected chi connectivity index (χ4v) is 8.17. The number of nitrogens with one attached hydrogen (secondary N) is 1. The first-order chi connectivity index (χ1) is 14.0. The maximum atomic E-state index is 13.6. The molecule has 0 spiro atoms. The summed E-state index contributed by atoms with van der Waals surface area (Å²) in [4.78, 5) is 41.2. The number of amides is 3. The van der Waals surface area contributed by atoms with Gasteiger partial charge >= 0.3 is 0 Å². The van der Waals surface area contributed by atoms with Gasteiger partial charge in [0.1, 0.15) is 6.04 Å². The van der Waals surface area contributed by atoms with E-state index in [1.165, 1.54) is 24.2 Å². The summed E-state index contributed by atoms with van der Waals surface area (Å²) in [6.45, 7) is 0. The molecule has 6 aliphatic rings. The lowest BCUT2D eigenvalue weighted by Gasteiger charge is -2.57. The molecular formula is C23H34N2O3S. The van der Waals surface area contributed by atoms with Crippen LogP contribution in [0.2, 0.25) is 0 Å². The zero-order valence-corrected chi connectivity index (χ0v) is 18.3. The lowest BCUT2D eigenvalue weighted by atomic mass is 9.53. The molecule has 6 fully saturated rings. The molecule has 0 radical (unpaired) electrons. The van der Waals surface area contributed by atoms with E-state index in [0.717, 1.165) is 68.5 Å². The zero-order chi connectivity index (χ0) is 20.2. The predicted octanol–water partition coefficient (Wildman–Crippen LogP) is 3.37. The number of nitrogens with zero attached hydrogens (tertiary/aromatic N) is 1. The third-order valence-corrected chi connectivity index (χ3v) is 9.16. The van der Waals surface area contributed by atoms with Crippen molar-refractivity contribution in [2.24, 2.45) is 29.6 Å². The molecule has 3 amide bonds. The van der Waals surface area contributed by atoms with E-state index in [0.29, 0.717) is 6.42 Å². The molecule has 5 saturated carbocycles. The number of likely N-dealkylation sites (tertiary alicyclic amines) is 1. The van der Waals surface area contributed by atoms with Crippen LogP contribution in [0.25, 0.3) is 0 Å². The molecule has 0 aromatic heterocycles. The smallest absolute Gasteiger partial charge is 0.243 e. The van der Waals surface area contributed by atoms with E-state index in [2.05, 4.69) is 5.32 Å². The second-order valence-corrected chi connectivity index (χ2v) is 11.5. The number of carbonyl (C=O) groups is 3. The maximum Gasteiger partial charge on any atom is 0.243 e. The van der Waals surface area contributed by atoms with Crippen molar-refractivity contribution >= 4 is 29.5 Å². The summed E-state index contributed by atoms with van der Waals surface area (Å²) in [7, 11) is 0. The van der Waals surface area contributed by atoms with Crippen molar-refractivity contribution in [3.05, 3.63) is 0 Å². The van der Waals surface area contributed by atoms with Gasteiger partial charge in [-0.2, -0.15) is 11.8 Å². The monoisotopic (exact) mass is 418 g/mol. The van der Waals surface area contributed by atoms with Gasteiger partial charge in [-0.25, -0.2) is 0 Å². The van der Waals surface area contributed by atoms with Gasteiger partial charge in [0, 0.05) is 5.54 Å². The van der Waals surface area contributed by atoms with Gasteiger partial charge in [-0.05, 0) is 87.5 Å². The van der Waals surface area contributed by atoms with E-state index in [9.17, 15) is 14.4 Å². The fraction of sp³-hybridized carbons (Fsp3) is 0.870. The average Bonchev–Trinajstić information content (AvgIpc) is 2.92. The summed E-state index contributed by atoms with van der Waals surface area (Å²) in [5.74, 6) is 2.46. The fourth-order valence-electron chi connectivity index (χ4n) is 7.71. The van der Waals surface area contributed by atoms with Crippen LogP contribution in [0.3, 0.4) is 0 Å². The van der Waals surface area contributed by atoms with Gasteiger partial charge in [0.15, 0.2) is 0 Å². The summed E-state index contributed by atoms with van der Waals surface area (Å²) >= 11 is 1.67. The Hall–Kier alpha value is -1.04. The second kappa shape index (κ2) is 7.58. The van der Waals surface area contributed by atoms with Gasteiger partial charge in [-0.1, -0.05) is 12.8 Å². The summed E-state index contributed by atoms with van der Waals surface area (Å²) in [5, 5.41) is 3.44. The molecule has 1 heterocycles. The molecule has 6 heteroatoms. The number of thioether (sulfide) groups is 1. The molecule has 3 atom stereocenters. The van der Waals surface area contributed by atoms with Gasteiger partial charge in [-0.3, -0.25) is 19.3 Å². The second-order valence-electron chi connectivity index (χ2n) is 10.5. The molecule has 29 heavy (non-hydrogen) atoms. The van der Waals surface area contributed by atoms with Gasteiger partial charge in [0.25, 0.3) is 0 Å². The van der Waals surface area contributed by atoms with Crippen LogP contribution in [0.15, 0.2) is 0 Å². The Balaban J connectivity index is 1.36. The van der Waals surface area contributed by atoms with Crippen molar-refractivity contribution in [3.63, 3.8) is 0 Å². The molecule has 0 unspecified atom stereocenters. The van der Waals surface area contributed by atoms with Gasteiger partial charge in [-0.15, -0.1) is 0 Å². The van der Waals surface area contributed by atoms with Crippen LogP contribution in [0.5, 0.6) is 0 Å². The molecule has 160 valence electrons. The number of carbonyl (C=O) groups excluding carboxylic acids is 3. The number of hydrogen-bond acceptors (Lipinski definition) is 4. The topological polar surface area (TPSA) is 66.5 Å². The molecule has 6 rings (SSSR count). The van der Waals surface area contributed by atoms with Crippen molar-refractivity contribution in [2.45, 2.75) is 82.2 Å². The first-order valence-corrected chi connectivity index (χ1v) is 13.1. The van der Waals surface area contributed by atoms with Crippen molar-refractivity contribution in [2.75, 3.05) is 12.0 Å². The molecule has 0 aromatic carbocycles. The van der Waals surface area contributed by atoms with Crippen LogP contribution in [0.4, 0.5) is 0 Å².